The van der Waals surface area contributed by atoms with Crippen molar-refractivity contribution in [3.63, 3.8) is 0 Å². The molecule has 1 amide bonds. The smallest absolute Gasteiger partial charge is 0.263 e. The van der Waals surface area contributed by atoms with Crippen LogP contribution < -0.4 is 11.1 Å². The topological polar surface area (TPSA) is 77.1 Å². The minimum Gasteiger partial charge on any atom is -0.384 e. The Morgan fingerprint density at radius 2 is 1.59 bits per heavy atom. The number of benzene rings is 3. The van der Waals surface area contributed by atoms with E-state index < -0.39 is 17.6 Å². The lowest BCUT2D eigenvalue weighted by molar-refractivity contribution is 0.0967. The van der Waals surface area contributed by atoms with Crippen molar-refractivity contribution in [2.75, 3.05) is 11.1 Å². The van der Waals surface area contributed by atoms with E-state index in [2.05, 4.69) is 5.32 Å². The number of rotatable bonds is 3. The zero-order valence-corrected chi connectivity index (χ0v) is 15.8. The highest BCUT2D eigenvalue weighted by atomic mass is 35.5. The standard InChI is InChI=1S/C22H15ClFN3O2/c23-14-7-11-16(12-8-14)26-21(28)19-17-3-1-2-4-18(17)27(20(19)25)22(29)13-5-9-15(24)10-6-13/h1-12H,25H2,(H,26,28). The van der Waals surface area contributed by atoms with Crippen molar-refractivity contribution in [1.82, 2.24) is 4.57 Å². The number of hydrogen-bond acceptors (Lipinski definition) is 3. The van der Waals surface area contributed by atoms with E-state index in [1.54, 1.807) is 48.5 Å². The lowest BCUT2D eigenvalue weighted by Gasteiger charge is -2.08. The molecule has 0 aliphatic rings. The van der Waals surface area contributed by atoms with Crippen LogP contribution in [0.15, 0.2) is 72.8 Å². The van der Waals surface area contributed by atoms with Crippen LogP contribution in [0.4, 0.5) is 15.9 Å². The summed E-state index contributed by atoms with van der Waals surface area (Å²) in [5.74, 6) is -1.35. The zero-order valence-electron chi connectivity index (χ0n) is 15.0. The number of hydrogen-bond donors (Lipinski definition) is 2. The summed E-state index contributed by atoms with van der Waals surface area (Å²) in [6.45, 7) is 0. The second kappa shape index (κ2) is 7.41. The number of carbonyl (C=O) groups excluding carboxylic acids is 2. The number of nitrogens with one attached hydrogen (secondary N) is 1. The van der Waals surface area contributed by atoms with Gasteiger partial charge in [-0.3, -0.25) is 14.2 Å². The van der Waals surface area contributed by atoms with Gasteiger partial charge in [0, 0.05) is 21.7 Å². The zero-order chi connectivity index (χ0) is 20.5. The molecule has 7 heteroatoms. The lowest BCUT2D eigenvalue weighted by Crippen LogP contribution is -2.18. The summed E-state index contributed by atoms with van der Waals surface area (Å²) in [4.78, 5) is 26.0. The van der Waals surface area contributed by atoms with Crippen LogP contribution in [0.1, 0.15) is 20.7 Å². The summed E-state index contributed by atoms with van der Waals surface area (Å²) in [7, 11) is 0. The molecule has 0 unspecified atom stereocenters. The highest BCUT2D eigenvalue weighted by Gasteiger charge is 2.24. The normalized spacial score (nSPS) is 10.8. The third-order valence-corrected chi connectivity index (χ3v) is 4.79. The van der Waals surface area contributed by atoms with E-state index in [9.17, 15) is 14.0 Å². The summed E-state index contributed by atoms with van der Waals surface area (Å²) >= 11 is 5.88. The highest BCUT2D eigenvalue weighted by Crippen LogP contribution is 2.30. The summed E-state index contributed by atoms with van der Waals surface area (Å²) < 4.78 is 14.5. The summed E-state index contributed by atoms with van der Waals surface area (Å²) in [6, 6.07) is 18.7. The molecule has 0 spiro atoms. The van der Waals surface area contributed by atoms with E-state index in [1.807, 2.05) is 0 Å². The number of nitrogens with zero attached hydrogens (tertiary/aromatic N) is 1. The molecule has 0 saturated carbocycles. The van der Waals surface area contributed by atoms with E-state index in [0.717, 1.165) is 0 Å². The van der Waals surface area contributed by atoms with E-state index in [-0.39, 0.29) is 16.9 Å². The molecular weight excluding hydrogens is 393 g/mol. The van der Waals surface area contributed by atoms with Gasteiger partial charge in [-0.05, 0) is 54.6 Å². The molecule has 4 rings (SSSR count). The molecule has 144 valence electrons. The number of anilines is 2. The largest absolute Gasteiger partial charge is 0.384 e. The number of halogens is 2. The summed E-state index contributed by atoms with van der Waals surface area (Å²) in [5, 5.41) is 3.85. The van der Waals surface area contributed by atoms with E-state index >= 15 is 0 Å². The molecule has 29 heavy (non-hydrogen) atoms. The Bertz CT molecular complexity index is 1230. The maximum absolute atomic E-state index is 13.2. The number of nitrogen functional groups attached to an aromatic ring is 1. The SMILES string of the molecule is Nc1c(C(=O)Nc2ccc(Cl)cc2)c2ccccc2n1C(=O)c1ccc(F)cc1. The fourth-order valence-electron chi connectivity index (χ4n) is 3.17. The summed E-state index contributed by atoms with van der Waals surface area (Å²) in [6.07, 6.45) is 0. The predicted molar refractivity (Wildman–Crippen MR) is 112 cm³/mol. The van der Waals surface area contributed by atoms with Crippen molar-refractivity contribution >= 4 is 45.8 Å². The Kier molecular flexibility index (Phi) is 4.78. The lowest BCUT2D eigenvalue weighted by atomic mass is 10.1. The quantitative estimate of drug-likeness (QED) is 0.504. The Balaban J connectivity index is 1.80. The Morgan fingerprint density at radius 3 is 2.28 bits per heavy atom. The third-order valence-electron chi connectivity index (χ3n) is 4.53. The van der Waals surface area contributed by atoms with Crippen molar-refractivity contribution < 1.29 is 14.0 Å². The molecule has 0 bridgehead atoms. The van der Waals surface area contributed by atoms with Gasteiger partial charge in [0.1, 0.15) is 11.6 Å². The molecule has 5 nitrogen and oxygen atoms in total. The number of carbonyl (C=O) groups is 2. The second-order valence-electron chi connectivity index (χ2n) is 6.39. The van der Waals surface area contributed by atoms with Gasteiger partial charge in [-0.2, -0.15) is 0 Å². The van der Waals surface area contributed by atoms with E-state index in [1.165, 1.54) is 28.8 Å². The first-order valence-electron chi connectivity index (χ1n) is 8.72. The Hall–Kier alpha value is -3.64. The molecule has 0 fully saturated rings. The van der Waals surface area contributed by atoms with Crippen molar-refractivity contribution in [2.45, 2.75) is 0 Å². The maximum atomic E-state index is 13.2. The number of aromatic nitrogens is 1. The van der Waals surface area contributed by atoms with Gasteiger partial charge in [0.15, 0.2) is 0 Å². The predicted octanol–water partition coefficient (Wildman–Crippen LogP) is 4.96. The molecule has 0 aliphatic heterocycles. The van der Waals surface area contributed by atoms with Crippen LogP contribution in [0.5, 0.6) is 0 Å². The van der Waals surface area contributed by atoms with Crippen LogP contribution in [-0.2, 0) is 0 Å². The number of nitrogens with two attached hydrogens (primary N) is 1. The first-order chi connectivity index (χ1) is 14.0. The first kappa shape index (κ1) is 18.7. The van der Waals surface area contributed by atoms with Crippen LogP contribution in [0.2, 0.25) is 5.02 Å². The summed E-state index contributed by atoms with van der Waals surface area (Å²) in [5.41, 5.74) is 7.72. The van der Waals surface area contributed by atoms with Gasteiger partial charge < -0.3 is 11.1 Å². The Morgan fingerprint density at radius 1 is 0.931 bits per heavy atom. The van der Waals surface area contributed by atoms with Gasteiger partial charge in [0.05, 0.1) is 11.1 Å². The van der Waals surface area contributed by atoms with Crippen molar-refractivity contribution in [3.05, 3.63) is 94.8 Å². The van der Waals surface area contributed by atoms with Gasteiger partial charge in [0.25, 0.3) is 11.8 Å². The van der Waals surface area contributed by atoms with Crippen molar-refractivity contribution in [1.29, 1.82) is 0 Å². The van der Waals surface area contributed by atoms with Crippen molar-refractivity contribution in [3.8, 4) is 0 Å². The average Bonchev–Trinajstić information content (AvgIpc) is 3.01. The molecule has 4 aromatic rings. The van der Waals surface area contributed by atoms with Gasteiger partial charge in [-0.1, -0.05) is 29.8 Å². The number of para-hydroxylation sites is 1. The Labute approximate surface area is 170 Å². The van der Waals surface area contributed by atoms with Crippen LogP contribution in [0.3, 0.4) is 0 Å². The third kappa shape index (κ3) is 3.46. The average molecular weight is 408 g/mol. The minimum absolute atomic E-state index is 0.00647. The van der Waals surface area contributed by atoms with Crippen molar-refractivity contribution in [2.24, 2.45) is 0 Å². The highest BCUT2D eigenvalue weighted by molar-refractivity contribution is 6.30. The van der Waals surface area contributed by atoms with E-state index in [0.29, 0.717) is 21.6 Å². The first-order valence-corrected chi connectivity index (χ1v) is 9.09. The molecule has 0 saturated heterocycles. The van der Waals surface area contributed by atoms with Gasteiger partial charge in [-0.15, -0.1) is 0 Å². The molecular formula is C22H15ClFN3O2. The monoisotopic (exact) mass is 407 g/mol. The van der Waals surface area contributed by atoms with Gasteiger partial charge >= 0.3 is 0 Å². The van der Waals surface area contributed by atoms with E-state index in [4.69, 9.17) is 17.3 Å². The fourth-order valence-corrected chi connectivity index (χ4v) is 3.29. The molecule has 3 N–H and O–H groups in total. The molecule has 1 aromatic heterocycles. The molecule has 0 radical (unpaired) electrons. The van der Waals surface area contributed by atoms with Crippen LogP contribution >= 0.6 is 11.6 Å². The second-order valence-corrected chi connectivity index (χ2v) is 6.82. The van der Waals surface area contributed by atoms with Gasteiger partial charge in [-0.25, -0.2) is 4.39 Å². The minimum atomic E-state index is -0.454. The van der Waals surface area contributed by atoms with Crippen LogP contribution in [-0.4, -0.2) is 16.4 Å². The number of fused-ring (bicyclic) bond motifs is 1. The molecule has 1 heterocycles. The molecule has 3 aromatic carbocycles. The van der Waals surface area contributed by atoms with Crippen LogP contribution in [0.25, 0.3) is 10.9 Å². The maximum Gasteiger partial charge on any atom is 0.263 e. The number of amides is 1. The molecule has 0 aliphatic carbocycles. The molecule has 0 atom stereocenters. The van der Waals surface area contributed by atoms with Gasteiger partial charge in [0.2, 0.25) is 0 Å². The fraction of sp³-hybridized carbons (Fsp3) is 0. The van der Waals surface area contributed by atoms with Crippen LogP contribution in [0, 0.1) is 5.82 Å².